The van der Waals surface area contributed by atoms with Crippen LogP contribution in [0.5, 0.6) is 0 Å². The summed E-state index contributed by atoms with van der Waals surface area (Å²) in [7, 11) is 0. The van der Waals surface area contributed by atoms with Gasteiger partial charge in [0.05, 0.1) is 6.10 Å². The molecule has 1 fully saturated rings. The maximum Gasteiger partial charge on any atom is 0.221 e. The van der Waals surface area contributed by atoms with Crippen molar-refractivity contribution in [1.82, 2.24) is 10.2 Å². The van der Waals surface area contributed by atoms with Crippen molar-refractivity contribution in [2.24, 2.45) is 0 Å². The lowest BCUT2D eigenvalue weighted by atomic mass is 10.2. The Morgan fingerprint density at radius 3 is 3.07 bits per heavy atom. The van der Waals surface area contributed by atoms with Crippen molar-refractivity contribution in [1.29, 1.82) is 0 Å². The molecule has 0 radical (unpaired) electrons. The average Bonchev–Trinajstić information content (AvgIpc) is 2.27. The molecular weight excluding hydrogens is 180 g/mol. The normalized spacial score (nSPS) is 26.8. The van der Waals surface area contributed by atoms with Gasteiger partial charge in [0.2, 0.25) is 5.91 Å². The SMILES string of the molecule is CC(O)CCN1CCC(=O)NCC1C. The third kappa shape index (κ3) is 3.64. The molecule has 0 aliphatic carbocycles. The number of rotatable bonds is 3. The highest BCUT2D eigenvalue weighted by Crippen LogP contribution is 2.06. The highest BCUT2D eigenvalue weighted by molar-refractivity contribution is 5.76. The first-order valence-corrected chi connectivity index (χ1v) is 5.28. The van der Waals surface area contributed by atoms with Crippen molar-refractivity contribution in [3.8, 4) is 0 Å². The van der Waals surface area contributed by atoms with E-state index in [9.17, 15) is 9.90 Å². The molecular formula is C10H20N2O2. The molecule has 1 saturated heterocycles. The molecule has 0 aromatic carbocycles. The van der Waals surface area contributed by atoms with Crippen LogP contribution in [0.25, 0.3) is 0 Å². The average molecular weight is 200 g/mol. The molecule has 4 nitrogen and oxygen atoms in total. The topological polar surface area (TPSA) is 52.6 Å². The predicted octanol–water partition coefficient (Wildman–Crippen LogP) is -0.0323. The van der Waals surface area contributed by atoms with E-state index in [1.807, 2.05) is 0 Å². The Bertz CT molecular complexity index is 195. The van der Waals surface area contributed by atoms with Crippen LogP contribution in [-0.4, -0.2) is 47.7 Å². The summed E-state index contributed by atoms with van der Waals surface area (Å²) in [6.45, 7) is 6.30. The molecule has 1 aliphatic heterocycles. The fraction of sp³-hybridized carbons (Fsp3) is 0.900. The summed E-state index contributed by atoms with van der Waals surface area (Å²) in [5, 5.41) is 12.1. The van der Waals surface area contributed by atoms with E-state index in [-0.39, 0.29) is 12.0 Å². The van der Waals surface area contributed by atoms with E-state index in [0.717, 1.165) is 26.1 Å². The van der Waals surface area contributed by atoms with Gasteiger partial charge in [-0.05, 0) is 20.3 Å². The molecule has 1 heterocycles. The molecule has 1 rings (SSSR count). The molecule has 0 aromatic rings. The summed E-state index contributed by atoms with van der Waals surface area (Å²) in [5.74, 6) is 0.136. The largest absolute Gasteiger partial charge is 0.393 e. The number of aliphatic hydroxyl groups is 1. The lowest BCUT2D eigenvalue weighted by molar-refractivity contribution is -0.120. The van der Waals surface area contributed by atoms with Crippen LogP contribution in [-0.2, 0) is 4.79 Å². The van der Waals surface area contributed by atoms with Crippen LogP contribution >= 0.6 is 0 Å². The second-order valence-corrected chi connectivity index (χ2v) is 4.08. The smallest absolute Gasteiger partial charge is 0.221 e. The van der Waals surface area contributed by atoms with E-state index in [2.05, 4.69) is 17.1 Å². The van der Waals surface area contributed by atoms with Crippen molar-refractivity contribution in [3.63, 3.8) is 0 Å². The van der Waals surface area contributed by atoms with E-state index >= 15 is 0 Å². The Morgan fingerprint density at radius 2 is 2.43 bits per heavy atom. The summed E-state index contributed by atoms with van der Waals surface area (Å²) < 4.78 is 0. The van der Waals surface area contributed by atoms with Crippen LogP contribution in [0, 0.1) is 0 Å². The molecule has 2 N–H and O–H groups in total. The van der Waals surface area contributed by atoms with Gasteiger partial charge in [0, 0.05) is 32.1 Å². The molecule has 0 spiro atoms. The highest BCUT2D eigenvalue weighted by atomic mass is 16.3. The van der Waals surface area contributed by atoms with Crippen LogP contribution in [0.2, 0.25) is 0 Å². The van der Waals surface area contributed by atoms with Gasteiger partial charge in [-0.25, -0.2) is 0 Å². The van der Waals surface area contributed by atoms with E-state index in [4.69, 9.17) is 0 Å². The molecule has 82 valence electrons. The highest BCUT2D eigenvalue weighted by Gasteiger charge is 2.19. The van der Waals surface area contributed by atoms with Crippen molar-refractivity contribution < 1.29 is 9.90 Å². The van der Waals surface area contributed by atoms with Crippen LogP contribution in [0.3, 0.4) is 0 Å². The van der Waals surface area contributed by atoms with Crippen LogP contribution in [0.4, 0.5) is 0 Å². The van der Waals surface area contributed by atoms with E-state index in [1.54, 1.807) is 6.92 Å². The van der Waals surface area contributed by atoms with E-state index in [0.29, 0.717) is 12.5 Å². The Kier molecular flexibility index (Phi) is 4.35. The quantitative estimate of drug-likeness (QED) is 0.672. The monoisotopic (exact) mass is 200 g/mol. The third-order valence-corrected chi connectivity index (χ3v) is 2.68. The van der Waals surface area contributed by atoms with Gasteiger partial charge in [-0.2, -0.15) is 0 Å². The van der Waals surface area contributed by atoms with Crippen molar-refractivity contribution in [2.45, 2.75) is 38.8 Å². The number of carbonyl (C=O) groups is 1. The zero-order valence-electron chi connectivity index (χ0n) is 8.99. The van der Waals surface area contributed by atoms with E-state index in [1.165, 1.54) is 0 Å². The minimum Gasteiger partial charge on any atom is -0.393 e. The third-order valence-electron chi connectivity index (χ3n) is 2.68. The summed E-state index contributed by atoms with van der Waals surface area (Å²) in [5.41, 5.74) is 0. The maximum atomic E-state index is 11.1. The van der Waals surface area contributed by atoms with Gasteiger partial charge in [-0.3, -0.25) is 9.69 Å². The summed E-state index contributed by atoms with van der Waals surface area (Å²) in [6, 6.07) is 0.375. The van der Waals surface area contributed by atoms with E-state index < -0.39 is 0 Å². The summed E-state index contributed by atoms with van der Waals surface area (Å²) in [4.78, 5) is 13.4. The molecule has 4 heteroatoms. The molecule has 1 amide bonds. The summed E-state index contributed by atoms with van der Waals surface area (Å²) >= 11 is 0. The Morgan fingerprint density at radius 1 is 1.71 bits per heavy atom. The molecule has 2 atom stereocenters. The van der Waals surface area contributed by atoms with Gasteiger partial charge in [0.25, 0.3) is 0 Å². The number of amides is 1. The maximum absolute atomic E-state index is 11.1. The fourth-order valence-corrected chi connectivity index (χ4v) is 1.63. The number of nitrogens with zero attached hydrogens (tertiary/aromatic N) is 1. The summed E-state index contributed by atoms with van der Waals surface area (Å²) in [6.07, 6.45) is 1.09. The fourth-order valence-electron chi connectivity index (χ4n) is 1.63. The number of aliphatic hydroxyl groups excluding tert-OH is 1. The first-order chi connectivity index (χ1) is 6.59. The van der Waals surface area contributed by atoms with Crippen molar-refractivity contribution in [2.75, 3.05) is 19.6 Å². The van der Waals surface area contributed by atoms with Crippen molar-refractivity contribution in [3.05, 3.63) is 0 Å². The van der Waals surface area contributed by atoms with Crippen LogP contribution < -0.4 is 5.32 Å². The second kappa shape index (κ2) is 5.32. The number of carbonyl (C=O) groups excluding carboxylic acids is 1. The van der Waals surface area contributed by atoms with Gasteiger partial charge in [0.1, 0.15) is 0 Å². The molecule has 0 saturated carbocycles. The van der Waals surface area contributed by atoms with Gasteiger partial charge in [-0.1, -0.05) is 0 Å². The minimum atomic E-state index is -0.255. The van der Waals surface area contributed by atoms with Crippen LogP contribution in [0.15, 0.2) is 0 Å². The number of hydrogen-bond acceptors (Lipinski definition) is 3. The van der Waals surface area contributed by atoms with Gasteiger partial charge in [0.15, 0.2) is 0 Å². The lowest BCUT2D eigenvalue weighted by Gasteiger charge is -2.26. The lowest BCUT2D eigenvalue weighted by Crippen LogP contribution is -2.38. The zero-order valence-corrected chi connectivity index (χ0v) is 8.99. The number of nitrogens with one attached hydrogen (secondary N) is 1. The number of hydrogen-bond donors (Lipinski definition) is 2. The Labute approximate surface area is 85.3 Å². The van der Waals surface area contributed by atoms with Crippen molar-refractivity contribution >= 4 is 5.91 Å². The molecule has 0 aromatic heterocycles. The first kappa shape index (κ1) is 11.5. The van der Waals surface area contributed by atoms with Gasteiger partial charge >= 0.3 is 0 Å². The second-order valence-electron chi connectivity index (χ2n) is 4.08. The van der Waals surface area contributed by atoms with Crippen LogP contribution in [0.1, 0.15) is 26.7 Å². The predicted molar refractivity (Wildman–Crippen MR) is 55.0 cm³/mol. The molecule has 1 aliphatic rings. The Hall–Kier alpha value is -0.610. The standard InChI is InChI=1S/C10H20N2O2/c1-8-7-11-10(14)4-6-12(8)5-3-9(2)13/h8-9,13H,3-7H2,1-2H3,(H,11,14). The zero-order chi connectivity index (χ0) is 10.6. The van der Waals surface area contributed by atoms with Gasteiger partial charge in [-0.15, -0.1) is 0 Å². The van der Waals surface area contributed by atoms with Gasteiger partial charge < -0.3 is 10.4 Å². The molecule has 2 unspecified atom stereocenters. The molecule has 14 heavy (non-hydrogen) atoms. The first-order valence-electron chi connectivity index (χ1n) is 5.28. The minimum absolute atomic E-state index is 0.136. The molecule has 0 bridgehead atoms. The Balaban J connectivity index is 2.37.